The zero-order valence-electron chi connectivity index (χ0n) is 29.8. The van der Waals surface area contributed by atoms with Crippen LogP contribution in [-0.2, 0) is 30.3 Å². The molecule has 0 radical (unpaired) electrons. The number of amides is 1. The summed E-state index contributed by atoms with van der Waals surface area (Å²) >= 11 is 0. The molecule has 1 amide bonds. The number of ether oxygens (including phenoxy) is 2. The number of furan rings is 1. The third-order valence-electron chi connectivity index (χ3n) is 10.1. The number of nitrogens with two attached hydrogens (primary N) is 1. The molecule has 0 bridgehead atoms. The molecule has 272 valence electrons. The number of carbonyl (C=O) groups is 3. The van der Waals surface area contributed by atoms with Crippen LogP contribution in [0.1, 0.15) is 91.4 Å². The Balaban J connectivity index is 1.19. The van der Waals surface area contributed by atoms with Gasteiger partial charge in [0.15, 0.2) is 5.78 Å². The van der Waals surface area contributed by atoms with E-state index < -0.39 is 54.0 Å². The fourth-order valence-corrected chi connectivity index (χ4v) is 6.93. The molecule has 0 spiro atoms. The fraction of sp³-hybridized carbons (Fsp3) is 0.605. The molecule has 3 aromatic rings. The van der Waals surface area contributed by atoms with Crippen LogP contribution in [0.2, 0.25) is 0 Å². The predicted octanol–water partition coefficient (Wildman–Crippen LogP) is 4.69. The topological polar surface area (TPSA) is 176 Å². The maximum atomic E-state index is 13.3. The van der Waals surface area contributed by atoms with Gasteiger partial charge in [-0.05, 0) is 49.1 Å². The molecular formula is C38H52N4O8. The van der Waals surface area contributed by atoms with Crippen LogP contribution in [0.25, 0.3) is 22.4 Å². The van der Waals surface area contributed by atoms with E-state index in [4.69, 9.17) is 19.6 Å². The number of hydrogen-bond acceptors (Lipinski definition) is 10. The van der Waals surface area contributed by atoms with E-state index in [2.05, 4.69) is 29.4 Å². The van der Waals surface area contributed by atoms with Crippen molar-refractivity contribution in [1.29, 1.82) is 0 Å². The third kappa shape index (κ3) is 8.52. The van der Waals surface area contributed by atoms with Crippen LogP contribution in [0.5, 0.6) is 0 Å². The molecule has 12 heteroatoms. The van der Waals surface area contributed by atoms with Crippen molar-refractivity contribution < 1.29 is 33.4 Å². The number of Topliss-reactive ketones (excluding diaryl/α,β-unsaturated/α-hetero) is 1. The molecule has 3 heterocycles. The second-order valence-corrected chi connectivity index (χ2v) is 14.6. The molecule has 2 fully saturated rings. The number of aliphatic hydroxyl groups is 1. The SMILES string of the molecule is CCCCCc1ccc(-c2cc3cn([C@H]4C[C@@H](O)[C@@H](COC(=O)C(NC(=O)C5CCCC5C(=O)C(N)C(C)C)C(C)C)O4)c(=O)nc3o2)cc1. The van der Waals surface area contributed by atoms with Crippen molar-refractivity contribution in [1.82, 2.24) is 14.9 Å². The van der Waals surface area contributed by atoms with Gasteiger partial charge in [0, 0.05) is 30.0 Å². The van der Waals surface area contributed by atoms with E-state index in [0.717, 1.165) is 24.8 Å². The number of benzene rings is 1. The summed E-state index contributed by atoms with van der Waals surface area (Å²) in [6.45, 7) is 9.23. The number of unbranched alkanes of at least 4 members (excludes halogenated alkanes) is 2. The first-order valence-electron chi connectivity index (χ1n) is 18.1. The summed E-state index contributed by atoms with van der Waals surface area (Å²) in [4.78, 5) is 56.7. The lowest BCUT2D eigenvalue weighted by Crippen LogP contribution is -2.50. The molecule has 4 N–H and O–H groups in total. The van der Waals surface area contributed by atoms with E-state index in [1.165, 1.54) is 23.0 Å². The Morgan fingerprint density at radius 3 is 2.48 bits per heavy atom. The number of fused-ring (bicyclic) bond motifs is 1. The molecular weight excluding hydrogens is 640 g/mol. The van der Waals surface area contributed by atoms with Crippen molar-refractivity contribution in [3.05, 3.63) is 52.6 Å². The summed E-state index contributed by atoms with van der Waals surface area (Å²) < 4.78 is 18.8. The zero-order chi connectivity index (χ0) is 36.1. The predicted molar refractivity (Wildman–Crippen MR) is 188 cm³/mol. The van der Waals surface area contributed by atoms with Gasteiger partial charge in [0.25, 0.3) is 0 Å². The van der Waals surface area contributed by atoms with E-state index >= 15 is 0 Å². The number of carbonyl (C=O) groups excluding carboxylic acids is 3. The molecule has 1 saturated heterocycles. The van der Waals surface area contributed by atoms with Gasteiger partial charge in [0.2, 0.25) is 11.6 Å². The lowest BCUT2D eigenvalue weighted by atomic mass is 9.84. The molecule has 1 aliphatic heterocycles. The minimum Gasteiger partial charge on any atom is -0.461 e. The van der Waals surface area contributed by atoms with Crippen LogP contribution in [0.15, 0.2) is 45.7 Å². The number of aliphatic hydroxyl groups excluding tert-OH is 1. The van der Waals surface area contributed by atoms with Crippen molar-refractivity contribution >= 4 is 28.8 Å². The number of ketones is 1. The van der Waals surface area contributed by atoms with Gasteiger partial charge in [-0.3, -0.25) is 14.2 Å². The summed E-state index contributed by atoms with van der Waals surface area (Å²) in [5.74, 6) is -1.95. The minimum atomic E-state index is -1.02. The van der Waals surface area contributed by atoms with Crippen LogP contribution >= 0.6 is 0 Å². The summed E-state index contributed by atoms with van der Waals surface area (Å²) in [6.07, 6.45) is 5.33. The zero-order valence-corrected chi connectivity index (χ0v) is 29.8. The molecule has 7 atom stereocenters. The van der Waals surface area contributed by atoms with Crippen molar-refractivity contribution in [2.24, 2.45) is 29.4 Å². The molecule has 50 heavy (non-hydrogen) atoms. The summed E-state index contributed by atoms with van der Waals surface area (Å²) in [7, 11) is 0. The first-order chi connectivity index (χ1) is 23.9. The van der Waals surface area contributed by atoms with Gasteiger partial charge in [0.05, 0.1) is 17.5 Å². The van der Waals surface area contributed by atoms with Crippen LogP contribution in [0.3, 0.4) is 0 Å². The van der Waals surface area contributed by atoms with E-state index in [0.29, 0.717) is 24.0 Å². The van der Waals surface area contributed by atoms with E-state index in [1.807, 2.05) is 32.0 Å². The number of hydrogen-bond donors (Lipinski definition) is 3. The van der Waals surface area contributed by atoms with Gasteiger partial charge in [0.1, 0.15) is 30.7 Å². The minimum absolute atomic E-state index is 0.0393. The van der Waals surface area contributed by atoms with Gasteiger partial charge in [-0.25, -0.2) is 9.59 Å². The maximum Gasteiger partial charge on any atom is 0.353 e. The molecule has 1 aromatic carbocycles. The molecule has 12 nitrogen and oxygen atoms in total. The van der Waals surface area contributed by atoms with Gasteiger partial charge in [-0.2, -0.15) is 4.98 Å². The van der Waals surface area contributed by atoms with Gasteiger partial charge >= 0.3 is 11.7 Å². The van der Waals surface area contributed by atoms with E-state index in [1.54, 1.807) is 20.0 Å². The van der Waals surface area contributed by atoms with Gasteiger partial charge < -0.3 is 30.0 Å². The number of esters is 1. The first-order valence-corrected chi connectivity index (χ1v) is 18.1. The Labute approximate surface area is 293 Å². The second-order valence-electron chi connectivity index (χ2n) is 14.6. The van der Waals surface area contributed by atoms with Crippen molar-refractivity contribution in [3.63, 3.8) is 0 Å². The summed E-state index contributed by atoms with van der Waals surface area (Å²) in [5, 5.41) is 14.2. The highest BCUT2D eigenvalue weighted by Crippen LogP contribution is 2.35. The Bertz CT molecular complexity index is 1700. The van der Waals surface area contributed by atoms with Crippen LogP contribution in [0.4, 0.5) is 0 Å². The average Bonchev–Trinajstić information content (AvgIpc) is 3.83. The van der Waals surface area contributed by atoms with Crippen molar-refractivity contribution in [2.75, 3.05) is 6.61 Å². The fourth-order valence-electron chi connectivity index (χ4n) is 6.93. The second kappa shape index (κ2) is 16.4. The van der Waals surface area contributed by atoms with Crippen molar-refractivity contribution in [3.8, 4) is 11.3 Å². The molecule has 1 saturated carbocycles. The Kier molecular flexibility index (Phi) is 12.3. The highest BCUT2D eigenvalue weighted by atomic mass is 16.6. The normalized spacial score (nSPS) is 23.4. The largest absolute Gasteiger partial charge is 0.461 e. The van der Waals surface area contributed by atoms with Crippen LogP contribution < -0.4 is 16.7 Å². The van der Waals surface area contributed by atoms with Gasteiger partial charge in [-0.15, -0.1) is 0 Å². The molecule has 2 aromatic heterocycles. The monoisotopic (exact) mass is 692 g/mol. The van der Waals surface area contributed by atoms with Gasteiger partial charge in [-0.1, -0.05) is 78.1 Å². The smallest absolute Gasteiger partial charge is 0.353 e. The first kappa shape index (κ1) is 37.4. The number of rotatable bonds is 15. The maximum absolute atomic E-state index is 13.3. The Hall–Kier alpha value is -3.87. The van der Waals surface area contributed by atoms with Crippen molar-refractivity contribution in [2.45, 2.75) is 117 Å². The Morgan fingerprint density at radius 1 is 1.08 bits per heavy atom. The van der Waals surface area contributed by atoms with Crippen LogP contribution in [-0.4, -0.2) is 63.2 Å². The number of aryl methyl sites for hydroxylation is 1. The number of nitrogens with zero attached hydrogens (tertiary/aromatic N) is 2. The van der Waals surface area contributed by atoms with E-state index in [-0.39, 0.29) is 42.3 Å². The summed E-state index contributed by atoms with van der Waals surface area (Å²) in [6, 6.07) is 8.38. The summed E-state index contributed by atoms with van der Waals surface area (Å²) in [5.41, 5.74) is 7.86. The van der Waals surface area contributed by atoms with E-state index in [9.17, 15) is 24.3 Å². The molecule has 5 rings (SSSR count). The lowest BCUT2D eigenvalue weighted by Gasteiger charge is -2.27. The third-order valence-corrected chi connectivity index (χ3v) is 10.1. The number of nitrogens with one attached hydrogen (secondary N) is 1. The quantitative estimate of drug-likeness (QED) is 0.150. The Morgan fingerprint density at radius 2 is 1.80 bits per heavy atom. The number of aromatic nitrogens is 2. The molecule has 2 aliphatic rings. The highest BCUT2D eigenvalue weighted by molar-refractivity contribution is 5.93. The average molecular weight is 693 g/mol. The lowest BCUT2D eigenvalue weighted by molar-refractivity contribution is -0.155. The van der Waals surface area contributed by atoms with Crippen LogP contribution in [0, 0.1) is 23.7 Å². The highest BCUT2D eigenvalue weighted by Gasteiger charge is 2.42. The molecule has 4 unspecified atom stereocenters. The molecule has 1 aliphatic carbocycles. The standard InChI is InChI=1S/C38H52N4O8/c1-6-7-8-10-23-13-15-24(16-14-23)29-17-25-19-42(38(47)41-36(25)50-29)31-18-28(43)30(49-31)20-48-37(46)33(22(4)5)40-35(45)27-12-9-11-26(27)34(44)32(39)21(2)3/h13-17,19,21-22,26-28,30-33,43H,6-12,18,20,39H2,1-5H3,(H,40,45)/t26?,27?,28-,30-,31-,32?,33?/m1/s1.